The van der Waals surface area contributed by atoms with Crippen molar-refractivity contribution in [3.8, 4) is 5.69 Å². The number of urea groups is 1. The minimum absolute atomic E-state index is 0.103. The summed E-state index contributed by atoms with van der Waals surface area (Å²) in [7, 11) is 0. The van der Waals surface area contributed by atoms with E-state index in [-0.39, 0.29) is 23.9 Å². The van der Waals surface area contributed by atoms with Crippen LogP contribution in [0.1, 0.15) is 46.3 Å². The molecule has 0 saturated heterocycles. The van der Waals surface area contributed by atoms with Crippen LogP contribution in [0, 0.1) is 0 Å². The summed E-state index contributed by atoms with van der Waals surface area (Å²) in [6.07, 6.45) is -2.55. The topological polar surface area (TPSA) is 101 Å². The molecule has 2 aromatic carbocycles. The van der Waals surface area contributed by atoms with Gasteiger partial charge in [-0.2, -0.15) is 13.2 Å². The molecule has 1 saturated carbocycles. The number of hydrogen-bond acceptors (Lipinski definition) is 4. The predicted molar refractivity (Wildman–Crippen MR) is 108 cm³/mol. The summed E-state index contributed by atoms with van der Waals surface area (Å²) in [4.78, 5) is 28.7. The van der Waals surface area contributed by atoms with E-state index in [0.29, 0.717) is 5.82 Å². The number of rotatable bonds is 5. The van der Waals surface area contributed by atoms with Crippen LogP contribution >= 0.6 is 0 Å². The van der Waals surface area contributed by atoms with Gasteiger partial charge in [0.05, 0.1) is 11.3 Å². The molecule has 4 rings (SSSR count). The number of benzene rings is 2. The number of carbonyl (C=O) groups is 2. The van der Waals surface area contributed by atoms with Gasteiger partial charge in [0.1, 0.15) is 5.82 Å². The Hall–Kier alpha value is -3.89. The lowest BCUT2D eigenvalue weighted by Gasteiger charge is -2.10. The van der Waals surface area contributed by atoms with Crippen LogP contribution in [-0.4, -0.2) is 26.7 Å². The highest BCUT2D eigenvalue weighted by Crippen LogP contribution is 2.39. The first-order valence-corrected chi connectivity index (χ1v) is 9.84. The number of carbonyl (C=O) groups excluding carboxylic acids is 2. The number of hydrazine groups is 1. The van der Waals surface area contributed by atoms with Gasteiger partial charge in [0.25, 0.3) is 0 Å². The summed E-state index contributed by atoms with van der Waals surface area (Å²) < 4.78 is 39.9. The molecule has 0 atom stereocenters. The molecule has 1 heterocycles. The molecule has 0 spiro atoms. The van der Waals surface area contributed by atoms with E-state index in [1.807, 2.05) is 30.3 Å². The van der Waals surface area contributed by atoms with Gasteiger partial charge < -0.3 is 5.32 Å². The largest absolute Gasteiger partial charge is 0.416 e. The molecule has 1 aliphatic carbocycles. The van der Waals surface area contributed by atoms with E-state index in [0.717, 1.165) is 30.7 Å². The summed E-state index contributed by atoms with van der Waals surface area (Å²) in [5.41, 5.74) is 4.58. The van der Waals surface area contributed by atoms with Gasteiger partial charge in [-0.05, 0) is 42.7 Å². The van der Waals surface area contributed by atoms with Gasteiger partial charge in [-0.25, -0.2) is 19.9 Å². The van der Waals surface area contributed by atoms with Gasteiger partial charge >= 0.3 is 18.1 Å². The smallest absolute Gasteiger partial charge is 0.333 e. The molecule has 32 heavy (non-hydrogen) atoms. The molecule has 3 aromatic rings. The highest BCUT2D eigenvalue weighted by molar-refractivity contribution is 5.91. The summed E-state index contributed by atoms with van der Waals surface area (Å²) >= 11 is 0. The summed E-state index contributed by atoms with van der Waals surface area (Å²) in [6.45, 7) is -0.154. The summed E-state index contributed by atoms with van der Waals surface area (Å²) in [5, 5.41) is 6.64. The van der Waals surface area contributed by atoms with Crippen LogP contribution in [-0.2, 0) is 12.7 Å². The second-order valence-electron chi connectivity index (χ2n) is 7.28. The molecule has 11 heteroatoms. The molecule has 0 aliphatic heterocycles. The number of hydrogen-bond donors (Lipinski definition) is 3. The number of nitrogens with one attached hydrogen (secondary N) is 3. The zero-order chi connectivity index (χ0) is 22.7. The third-order valence-electron chi connectivity index (χ3n) is 4.78. The molecule has 8 nitrogen and oxygen atoms in total. The predicted octanol–water partition coefficient (Wildman–Crippen LogP) is 3.31. The van der Waals surface area contributed by atoms with Gasteiger partial charge in [-0.1, -0.05) is 30.3 Å². The first-order chi connectivity index (χ1) is 15.3. The fourth-order valence-electron chi connectivity index (χ4n) is 3.04. The van der Waals surface area contributed by atoms with Crippen LogP contribution in [0.25, 0.3) is 5.69 Å². The van der Waals surface area contributed by atoms with Gasteiger partial charge in [-0.3, -0.25) is 10.2 Å². The first kappa shape index (κ1) is 21.3. The maximum Gasteiger partial charge on any atom is 0.416 e. The third kappa shape index (κ3) is 5.05. The number of para-hydroxylation sites is 1. The zero-order valence-electron chi connectivity index (χ0n) is 16.7. The van der Waals surface area contributed by atoms with Crippen LogP contribution in [0.3, 0.4) is 0 Å². The minimum Gasteiger partial charge on any atom is -0.333 e. The van der Waals surface area contributed by atoms with Crippen molar-refractivity contribution in [3.05, 3.63) is 77.4 Å². The third-order valence-corrected chi connectivity index (χ3v) is 4.78. The van der Waals surface area contributed by atoms with E-state index in [9.17, 15) is 22.8 Å². The Kier molecular flexibility index (Phi) is 5.80. The van der Waals surface area contributed by atoms with Gasteiger partial charge in [-0.15, -0.1) is 5.10 Å². The molecule has 1 fully saturated rings. The van der Waals surface area contributed by atoms with E-state index in [2.05, 4.69) is 26.3 Å². The minimum atomic E-state index is -4.47. The van der Waals surface area contributed by atoms with E-state index >= 15 is 0 Å². The zero-order valence-corrected chi connectivity index (χ0v) is 16.7. The normalized spacial score (nSPS) is 13.5. The van der Waals surface area contributed by atoms with Crippen molar-refractivity contribution in [2.45, 2.75) is 31.5 Å². The lowest BCUT2D eigenvalue weighted by atomic mass is 10.1. The standard InChI is InChI=1S/C21H19F3N6O2/c22-21(23,24)15-6-4-5-13(11-15)12-25-20(32)28-27-19(31)17-26-18(14-9-10-14)30(29-17)16-7-2-1-3-8-16/h1-8,11,14H,9-10,12H2,(H,27,31)(H2,25,28,32). The molecular weight excluding hydrogens is 425 g/mol. The maximum absolute atomic E-state index is 12.8. The Bertz CT molecular complexity index is 1130. The second kappa shape index (κ2) is 8.69. The van der Waals surface area contributed by atoms with Crippen molar-refractivity contribution in [2.24, 2.45) is 0 Å². The average molecular weight is 444 g/mol. The van der Waals surface area contributed by atoms with Crippen LogP contribution in [0.4, 0.5) is 18.0 Å². The summed E-state index contributed by atoms with van der Waals surface area (Å²) in [5.74, 6) is 0.0908. The molecule has 1 aromatic heterocycles. The Morgan fingerprint density at radius 2 is 1.78 bits per heavy atom. The van der Waals surface area contributed by atoms with E-state index in [1.54, 1.807) is 4.68 Å². The van der Waals surface area contributed by atoms with Gasteiger partial charge in [0.2, 0.25) is 5.82 Å². The highest BCUT2D eigenvalue weighted by Gasteiger charge is 2.32. The van der Waals surface area contributed by atoms with Crippen LogP contribution < -0.4 is 16.2 Å². The van der Waals surface area contributed by atoms with Crippen molar-refractivity contribution in [1.29, 1.82) is 0 Å². The van der Waals surface area contributed by atoms with E-state index in [4.69, 9.17) is 0 Å². The molecule has 0 bridgehead atoms. The van der Waals surface area contributed by atoms with Crippen molar-refractivity contribution < 1.29 is 22.8 Å². The number of aromatic nitrogens is 3. The van der Waals surface area contributed by atoms with Crippen molar-refractivity contribution in [1.82, 2.24) is 30.9 Å². The number of alkyl halides is 3. The van der Waals surface area contributed by atoms with Gasteiger partial charge in [0.15, 0.2) is 0 Å². The Balaban J connectivity index is 1.34. The highest BCUT2D eigenvalue weighted by atomic mass is 19.4. The molecule has 1 aliphatic rings. The lowest BCUT2D eigenvalue weighted by molar-refractivity contribution is -0.137. The fourth-order valence-corrected chi connectivity index (χ4v) is 3.04. The maximum atomic E-state index is 12.8. The molecule has 166 valence electrons. The van der Waals surface area contributed by atoms with Crippen LogP contribution in [0.5, 0.6) is 0 Å². The number of halogens is 3. The SMILES string of the molecule is O=C(NCc1cccc(C(F)(F)F)c1)NNC(=O)c1nc(C2CC2)n(-c2ccccc2)n1. The molecule has 0 radical (unpaired) electrons. The van der Waals surface area contributed by atoms with Crippen LogP contribution in [0.15, 0.2) is 54.6 Å². The Morgan fingerprint density at radius 1 is 1.03 bits per heavy atom. The van der Waals surface area contributed by atoms with Gasteiger partial charge in [0, 0.05) is 12.5 Å². The first-order valence-electron chi connectivity index (χ1n) is 9.84. The lowest BCUT2D eigenvalue weighted by Crippen LogP contribution is -2.47. The summed E-state index contributed by atoms with van der Waals surface area (Å²) in [6, 6.07) is 13.1. The fraction of sp³-hybridized carbons (Fsp3) is 0.238. The number of nitrogens with zero attached hydrogens (tertiary/aromatic N) is 3. The molecule has 0 unspecified atom stereocenters. The molecule has 3 amide bonds. The number of amides is 3. The van der Waals surface area contributed by atoms with E-state index < -0.39 is 23.7 Å². The monoisotopic (exact) mass is 444 g/mol. The molecular formula is C21H19F3N6O2. The van der Waals surface area contributed by atoms with E-state index in [1.165, 1.54) is 12.1 Å². The van der Waals surface area contributed by atoms with Crippen molar-refractivity contribution >= 4 is 11.9 Å². The van der Waals surface area contributed by atoms with Crippen molar-refractivity contribution in [3.63, 3.8) is 0 Å². The second-order valence-corrected chi connectivity index (χ2v) is 7.28. The quantitative estimate of drug-likeness (QED) is 0.526. The average Bonchev–Trinajstić information content (AvgIpc) is 3.54. The Labute approximate surface area is 180 Å². The molecule has 3 N–H and O–H groups in total. The van der Waals surface area contributed by atoms with Crippen molar-refractivity contribution in [2.75, 3.05) is 0 Å². The van der Waals surface area contributed by atoms with Crippen LogP contribution in [0.2, 0.25) is 0 Å². The Morgan fingerprint density at radius 3 is 2.47 bits per heavy atom.